The molecule has 0 spiro atoms. The SMILES string of the molecule is O=C(c1cnn(-c2ccc(Br)cc2)c1)N1CCC(n2ccnc2)CC1. The Balaban J connectivity index is 1.43. The molecule has 0 radical (unpaired) electrons. The minimum Gasteiger partial charge on any atom is -0.338 e. The van der Waals surface area contributed by atoms with Gasteiger partial charge in [-0.15, -0.1) is 0 Å². The summed E-state index contributed by atoms with van der Waals surface area (Å²) in [5.41, 5.74) is 1.56. The van der Waals surface area contributed by atoms with Gasteiger partial charge in [-0.3, -0.25) is 4.79 Å². The van der Waals surface area contributed by atoms with Crippen molar-refractivity contribution in [2.24, 2.45) is 0 Å². The highest BCUT2D eigenvalue weighted by Gasteiger charge is 2.25. The molecule has 4 rings (SSSR count). The van der Waals surface area contributed by atoms with E-state index in [1.54, 1.807) is 23.3 Å². The molecule has 0 bridgehead atoms. The van der Waals surface area contributed by atoms with E-state index in [1.807, 2.05) is 41.7 Å². The maximum absolute atomic E-state index is 12.7. The summed E-state index contributed by atoms with van der Waals surface area (Å²) in [5.74, 6) is 0.0486. The second-order valence-corrected chi connectivity index (χ2v) is 7.10. The Hall–Kier alpha value is -2.41. The number of nitrogens with zero attached hydrogens (tertiary/aromatic N) is 5. The number of benzene rings is 1. The third-order valence-electron chi connectivity index (χ3n) is 4.62. The van der Waals surface area contributed by atoms with Crippen molar-refractivity contribution in [3.05, 3.63) is 65.4 Å². The van der Waals surface area contributed by atoms with Crippen molar-refractivity contribution in [1.82, 2.24) is 24.2 Å². The number of halogens is 1. The minimum absolute atomic E-state index is 0.0486. The third kappa shape index (κ3) is 3.37. The zero-order valence-electron chi connectivity index (χ0n) is 13.6. The Labute approximate surface area is 154 Å². The summed E-state index contributed by atoms with van der Waals surface area (Å²) in [6.07, 6.45) is 11.0. The molecule has 0 atom stereocenters. The molecule has 6 nitrogen and oxygen atoms in total. The Morgan fingerprint density at radius 3 is 2.60 bits per heavy atom. The number of imidazole rings is 1. The zero-order valence-corrected chi connectivity index (χ0v) is 15.2. The van der Waals surface area contributed by atoms with Gasteiger partial charge >= 0.3 is 0 Å². The van der Waals surface area contributed by atoms with Crippen molar-refractivity contribution >= 4 is 21.8 Å². The van der Waals surface area contributed by atoms with Gasteiger partial charge in [-0.05, 0) is 37.1 Å². The highest BCUT2D eigenvalue weighted by Crippen LogP contribution is 2.23. The molecule has 0 saturated carbocycles. The van der Waals surface area contributed by atoms with E-state index in [4.69, 9.17) is 0 Å². The Morgan fingerprint density at radius 2 is 1.92 bits per heavy atom. The summed E-state index contributed by atoms with van der Waals surface area (Å²) in [5, 5.41) is 4.33. The molecule has 0 aliphatic carbocycles. The second kappa shape index (κ2) is 6.84. The highest BCUT2D eigenvalue weighted by molar-refractivity contribution is 9.10. The lowest BCUT2D eigenvalue weighted by molar-refractivity contribution is 0.0694. The number of likely N-dealkylation sites (tertiary alicyclic amines) is 1. The fourth-order valence-electron chi connectivity index (χ4n) is 3.20. The van der Waals surface area contributed by atoms with Crippen molar-refractivity contribution in [2.75, 3.05) is 13.1 Å². The monoisotopic (exact) mass is 399 g/mol. The summed E-state index contributed by atoms with van der Waals surface area (Å²) >= 11 is 3.42. The van der Waals surface area contributed by atoms with Gasteiger partial charge < -0.3 is 9.47 Å². The summed E-state index contributed by atoms with van der Waals surface area (Å²) in [4.78, 5) is 18.8. The van der Waals surface area contributed by atoms with Crippen LogP contribution in [0.1, 0.15) is 29.2 Å². The molecule has 1 aromatic carbocycles. The van der Waals surface area contributed by atoms with Gasteiger partial charge in [-0.25, -0.2) is 9.67 Å². The van der Waals surface area contributed by atoms with Crippen LogP contribution in [0.2, 0.25) is 0 Å². The van der Waals surface area contributed by atoms with Crippen molar-refractivity contribution in [1.29, 1.82) is 0 Å². The Morgan fingerprint density at radius 1 is 1.16 bits per heavy atom. The van der Waals surface area contributed by atoms with Crippen LogP contribution in [0.15, 0.2) is 59.9 Å². The fourth-order valence-corrected chi connectivity index (χ4v) is 3.47. The van der Waals surface area contributed by atoms with Crippen LogP contribution in [0.4, 0.5) is 0 Å². The molecule has 1 aliphatic rings. The van der Waals surface area contributed by atoms with Crippen molar-refractivity contribution < 1.29 is 4.79 Å². The molecular weight excluding hydrogens is 382 g/mol. The fraction of sp³-hybridized carbons (Fsp3) is 0.278. The molecule has 128 valence electrons. The number of hydrogen-bond acceptors (Lipinski definition) is 3. The van der Waals surface area contributed by atoms with Crippen molar-refractivity contribution in [3.63, 3.8) is 0 Å². The molecule has 1 saturated heterocycles. The Kier molecular flexibility index (Phi) is 4.40. The van der Waals surface area contributed by atoms with Crippen LogP contribution in [0.25, 0.3) is 5.69 Å². The number of amides is 1. The highest BCUT2D eigenvalue weighted by atomic mass is 79.9. The molecule has 2 aromatic heterocycles. The van der Waals surface area contributed by atoms with Crippen LogP contribution in [-0.2, 0) is 0 Å². The maximum atomic E-state index is 12.7. The van der Waals surface area contributed by atoms with Crippen molar-refractivity contribution in [2.45, 2.75) is 18.9 Å². The summed E-state index contributed by atoms with van der Waals surface area (Å²) in [7, 11) is 0. The molecular formula is C18H18BrN5O. The number of piperidine rings is 1. The van der Waals surface area contributed by atoms with Gasteiger partial charge in [-0.1, -0.05) is 15.9 Å². The summed E-state index contributed by atoms with van der Waals surface area (Å²) in [6.45, 7) is 1.51. The minimum atomic E-state index is 0.0486. The van der Waals surface area contributed by atoms with Crippen LogP contribution in [0.3, 0.4) is 0 Å². The first-order valence-electron chi connectivity index (χ1n) is 8.28. The van der Waals surface area contributed by atoms with Gasteiger partial charge in [0.2, 0.25) is 0 Å². The van der Waals surface area contributed by atoms with E-state index in [9.17, 15) is 4.79 Å². The van der Waals surface area contributed by atoms with Gasteiger partial charge in [0, 0.05) is 42.2 Å². The van der Waals surface area contributed by atoms with Crippen LogP contribution in [0.5, 0.6) is 0 Å². The van der Waals surface area contributed by atoms with E-state index in [0.717, 1.165) is 36.1 Å². The number of hydrogen-bond donors (Lipinski definition) is 0. The first-order valence-corrected chi connectivity index (χ1v) is 9.07. The summed E-state index contributed by atoms with van der Waals surface area (Å²) < 4.78 is 4.88. The van der Waals surface area contributed by atoms with E-state index in [1.165, 1.54) is 0 Å². The molecule has 3 aromatic rings. The Bertz CT molecular complexity index is 848. The van der Waals surface area contributed by atoms with Gasteiger partial charge in [0.25, 0.3) is 5.91 Å². The van der Waals surface area contributed by atoms with Crippen LogP contribution >= 0.6 is 15.9 Å². The molecule has 1 aliphatic heterocycles. The molecule has 25 heavy (non-hydrogen) atoms. The van der Waals surface area contributed by atoms with Gasteiger partial charge in [0.05, 0.1) is 23.8 Å². The normalized spacial score (nSPS) is 15.5. The lowest BCUT2D eigenvalue weighted by atomic mass is 10.0. The maximum Gasteiger partial charge on any atom is 0.257 e. The quantitative estimate of drug-likeness (QED) is 0.678. The molecule has 7 heteroatoms. The van der Waals surface area contributed by atoms with Gasteiger partial charge in [0.15, 0.2) is 0 Å². The van der Waals surface area contributed by atoms with Crippen molar-refractivity contribution in [3.8, 4) is 5.69 Å². The molecule has 1 fully saturated rings. The number of carbonyl (C=O) groups is 1. The summed E-state index contributed by atoms with van der Waals surface area (Å²) in [6, 6.07) is 8.26. The van der Waals surface area contributed by atoms with E-state index < -0.39 is 0 Å². The van der Waals surface area contributed by atoms with E-state index in [0.29, 0.717) is 11.6 Å². The topological polar surface area (TPSA) is 56.0 Å². The van der Waals surface area contributed by atoms with E-state index >= 15 is 0 Å². The second-order valence-electron chi connectivity index (χ2n) is 6.18. The largest absolute Gasteiger partial charge is 0.338 e. The molecule has 3 heterocycles. The first kappa shape index (κ1) is 16.1. The lowest BCUT2D eigenvalue weighted by Gasteiger charge is -2.32. The molecule has 0 unspecified atom stereocenters. The average Bonchev–Trinajstić information content (AvgIpc) is 3.34. The van der Waals surface area contributed by atoms with Crippen LogP contribution in [-0.4, -0.2) is 43.2 Å². The lowest BCUT2D eigenvalue weighted by Crippen LogP contribution is -2.38. The molecule has 1 amide bonds. The standard InChI is InChI=1S/C18H18BrN5O/c19-15-1-3-17(4-2-15)24-12-14(11-21-24)18(25)22-8-5-16(6-9-22)23-10-7-20-13-23/h1-4,7,10-13,16H,5-6,8-9H2. The van der Waals surface area contributed by atoms with Crippen LogP contribution in [0, 0.1) is 0 Å². The van der Waals surface area contributed by atoms with Crippen LogP contribution < -0.4 is 0 Å². The smallest absolute Gasteiger partial charge is 0.257 e. The number of carbonyl (C=O) groups excluding carboxylic acids is 1. The van der Waals surface area contributed by atoms with Gasteiger partial charge in [0.1, 0.15) is 0 Å². The van der Waals surface area contributed by atoms with E-state index in [-0.39, 0.29) is 5.91 Å². The number of rotatable bonds is 3. The average molecular weight is 400 g/mol. The molecule has 0 N–H and O–H groups in total. The predicted molar refractivity (Wildman–Crippen MR) is 97.7 cm³/mol. The number of aromatic nitrogens is 4. The van der Waals surface area contributed by atoms with E-state index in [2.05, 4.69) is 30.6 Å². The zero-order chi connectivity index (χ0) is 17.2. The predicted octanol–water partition coefficient (Wildman–Crippen LogP) is 3.31. The van der Waals surface area contributed by atoms with Gasteiger partial charge in [-0.2, -0.15) is 5.10 Å². The first-order chi connectivity index (χ1) is 12.2. The third-order valence-corrected chi connectivity index (χ3v) is 5.15.